The van der Waals surface area contributed by atoms with Crippen LogP contribution in [0.1, 0.15) is 31.7 Å². The van der Waals surface area contributed by atoms with Gasteiger partial charge in [-0.3, -0.25) is 4.79 Å². The molecule has 0 atom stereocenters. The predicted octanol–water partition coefficient (Wildman–Crippen LogP) is 3.49. The average molecular weight is 444 g/mol. The lowest BCUT2D eigenvalue weighted by Gasteiger charge is -2.24. The number of amides is 1. The number of terminal acetylenes is 1. The number of hydrogen-bond acceptors (Lipinski definition) is 6. The second kappa shape index (κ2) is 8.92. The molecule has 4 aromatic rings. The summed E-state index contributed by atoms with van der Waals surface area (Å²) in [7, 11) is 1.83. The fourth-order valence-electron chi connectivity index (χ4n) is 4.29. The van der Waals surface area contributed by atoms with Crippen LogP contribution in [0.3, 0.4) is 0 Å². The molecule has 0 unspecified atom stereocenters. The molecule has 2 N–H and O–H groups in total. The van der Waals surface area contributed by atoms with Crippen molar-refractivity contribution in [1.82, 2.24) is 24.1 Å². The molecule has 5 heterocycles. The lowest BCUT2D eigenvalue weighted by atomic mass is 10.1. The molecule has 0 radical (unpaired) electrons. The zero-order chi connectivity index (χ0) is 22.8. The Morgan fingerprint density at radius 1 is 1.33 bits per heavy atom. The molecule has 33 heavy (non-hydrogen) atoms. The van der Waals surface area contributed by atoms with Gasteiger partial charge < -0.3 is 19.9 Å². The van der Waals surface area contributed by atoms with Crippen molar-refractivity contribution in [2.45, 2.75) is 31.7 Å². The van der Waals surface area contributed by atoms with Gasteiger partial charge in [-0.2, -0.15) is 9.61 Å². The van der Waals surface area contributed by atoms with Crippen LogP contribution in [0.4, 0.5) is 11.5 Å². The summed E-state index contributed by atoms with van der Waals surface area (Å²) < 4.78 is 9.48. The van der Waals surface area contributed by atoms with Gasteiger partial charge in [0.1, 0.15) is 17.2 Å². The van der Waals surface area contributed by atoms with Crippen molar-refractivity contribution in [3.05, 3.63) is 36.8 Å². The van der Waals surface area contributed by atoms with Gasteiger partial charge in [0.15, 0.2) is 5.65 Å². The van der Waals surface area contributed by atoms with Crippen molar-refractivity contribution in [2.24, 2.45) is 0 Å². The molecule has 0 bridgehead atoms. The molecule has 1 amide bonds. The molecule has 9 nitrogen and oxygen atoms in total. The number of fused-ring (bicyclic) bond motifs is 2. The van der Waals surface area contributed by atoms with Crippen LogP contribution in [0.25, 0.3) is 27.9 Å². The van der Waals surface area contributed by atoms with E-state index < -0.39 is 0 Å². The molecule has 168 valence electrons. The van der Waals surface area contributed by atoms with Crippen molar-refractivity contribution in [1.29, 1.82) is 0 Å². The van der Waals surface area contributed by atoms with Gasteiger partial charge in [0, 0.05) is 68.6 Å². The molecule has 0 aromatic carbocycles. The first-order chi connectivity index (χ1) is 16.2. The lowest BCUT2D eigenvalue weighted by Crippen LogP contribution is -2.19. The van der Waals surface area contributed by atoms with Gasteiger partial charge in [0.05, 0.1) is 11.9 Å². The summed E-state index contributed by atoms with van der Waals surface area (Å²) >= 11 is 0. The van der Waals surface area contributed by atoms with Gasteiger partial charge in [0.25, 0.3) is 0 Å². The number of carbonyl (C=O) groups excluding carboxylic acids is 1. The standard InChI is InChI=1S/C24H25N7O2/c1-3-4-7-22(32)28-20-14-27-31-21(25-2)13-19(29-24(20)31)18-15-30(16-8-11-33-12-9-16)23-17(18)6-5-10-26-23/h1,5-6,10,13-16,25H,4,7-9,11-12H2,2H3,(H,28,32). The number of nitrogens with zero attached hydrogens (tertiary/aromatic N) is 5. The second-order valence-corrected chi connectivity index (χ2v) is 7.99. The lowest BCUT2D eigenvalue weighted by molar-refractivity contribution is -0.116. The maximum absolute atomic E-state index is 12.3. The van der Waals surface area contributed by atoms with Gasteiger partial charge in [-0.25, -0.2) is 9.97 Å². The van der Waals surface area contributed by atoms with E-state index in [2.05, 4.69) is 43.5 Å². The fourth-order valence-corrected chi connectivity index (χ4v) is 4.29. The third-order valence-electron chi connectivity index (χ3n) is 5.95. The quantitative estimate of drug-likeness (QED) is 0.443. The summed E-state index contributed by atoms with van der Waals surface area (Å²) in [6, 6.07) is 6.30. The van der Waals surface area contributed by atoms with Crippen LogP contribution in [0.5, 0.6) is 0 Å². The Morgan fingerprint density at radius 3 is 2.97 bits per heavy atom. The SMILES string of the molecule is C#CCCC(=O)Nc1cnn2c(NC)cc(-c3cn(C4CCOCC4)c4ncccc34)nc12. The maximum atomic E-state index is 12.3. The molecule has 9 heteroatoms. The third-order valence-corrected chi connectivity index (χ3v) is 5.95. The summed E-state index contributed by atoms with van der Waals surface area (Å²) in [4.78, 5) is 21.8. The van der Waals surface area contributed by atoms with E-state index in [9.17, 15) is 4.79 Å². The fraction of sp³-hybridized carbons (Fsp3) is 0.333. The molecule has 0 saturated carbocycles. The van der Waals surface area contributed by atoms with E-state index in [1.165, 1.54) is 0 Å². The van der Waals surface area contributed by atoms with Crippen LogP contribution in [0.2, 0.25) is 0 Å². The maximum Gasteiger partial charge on any atom is 0.225 e. The number of pyridine rings is 1. The average Bonchev–Trinajstić information content (AvgIpc) is 3.44. The van der Waals surface area contributed by atoms with Gasteiger partial charge in [-0.05, 0) is 25.0 Å². The van der Waals surface area contributed by atoms with Crippen LogP contribution in [-0.4, -0.2) is 50.3 Å². The van der Waals surface area contributed by atoms with Crippen molar-refractivity contribution in [3.8, 4) is 23.6 Å². The van der Waals surface area contributed by atoms with Crippen LogP contribution < -0.4 is 10.6 Å². The zero-order valence-electron chi connectivity index (χ0n) is 18.4. The van der Waals surface area contributed by atoms with Crippen molar-refractivity contribution < 1.29 is 9.53 Å². The van der Waals surface area contributed by atoms with E-state index in [1.807, 2.05) is 25.4 Å². The molecular weight excluding hydrogens is 418 g/mol. The number of anilines is 2. The smallest absolute Gasteiger partial charge is 0.225 e. The van der Waals surface area contributed by atoms with Crippen LogP contribution in [-0.2, 0) is 9.53 Å². The van der Waals surface area contributed by atoms with Gasteiger partial charge in [-0.1, -0.05) is 0 Å². The minimum absolute atomic E-state index is 0.165. The predicted molar refractivity (Wildman–Crippen MR) is 127 cm³/mol. The zero-order valence-corrected chi connectivity index (χ0v) is 18.4. The number of aromatic nitrogens is 5. The molecule has 4 aromatic heterocycles. The molecule has 1 aliphatic heterocycles. The first kappa shape index (κ1) is 21.0. The minimum Gasteiger partial charge on any atom is -0.381 e. The van der Waals surface area contributed by atoms with Gasteiger partial charge in [-0.15, -0.1) is 12.3 Å². The first-order valence-corrected chi connectivity index (χ1v) is 11.0. The normalized spacial score (nSPS) is 14.4. The van der Waals surface area contributed by atoms with Crippen molar-refractivity contribution in [2.75, 3.05) is 30.9 Å². The number of hydrogen-bond donors (Lipinski definition) is 2. The Labute approximate surface area is 191 Å². The Bertz CT molecular complexity index is 1360. The highest BCUT2D eigenvalue weighted by Gasteiger charge is 2.22. The Balaban J connectivity index is 1.62. The summed E-state index contributed by atoms with van der Waals surface area (Å²) in [5.74, 6) is 3.08. The Kier molecular flexibility index (Phi) is 5.67. The Morgan fingerprint density at radius 2 is 2.18 bits per heavy atom. The summed E-state index contributed by atoms with van der Waals surface area (Å²) in [5.41, 5.74) is 3.79. The van der Waals surface area contributed by atoms with E-state index in [0.717, 1.165) is 54.2 Å². The summed E-state index contributed by atoms with van der Waals surface area (Å²) in [6.07, 6.45) is 13.4. The van der Waals surface area contributed by atoms with Crippen molar-refractivity contribution in [3.63, 3.8) is 0 Å². The molecular formula is C24H25N7O2. The number of nitrogens with one attached hydrogen (secondary N) is 2. The molecule has 0 spiro atoms. The second-order valence-electron chi connectivity index (χ2n) is 7.99. The number of ether oxygens (including phenoxy) is 1. The minimum atomic E-state index is -0.165. The number of carbonyl (C=O) groups is 1. The van der Waals surface area contributed by atoms with Crippen molar-refractivity contribution >= 4 is 34.1 Å². The topological polar surface area (TPSA) is 98.4 Å². The molecule has 0 aliphatic carbocycles. The molecule has 1 fully saturated rings. The third kappa shape index (κ3) is 3.90. The van der Waals surface area contributed by atoms with E-state index in [0.29, 0.717) is 23.8 Å². The monoisotopic (exact) mass is 443 g/mol. The van der Waals surface area contributed by atoms with Crippen LogP contribution in [0, 0.1) is 12.3 Å². The van der Waals surface area contributed by atoms with E-state index in [-0.39, 0.29) is 12.3 Å². The van der Waals surface area contributed by atoms with E-state index in [1.54, 1.807) is 10.7 Å². The molecule has 1 saturated heterocycles. The number of rotatable bonds is 6. The van der Waals surface area contributed by atoms with Crippen LogP contribution in [0.15, 0.2) is 36.8 Å². The summed E-state index contributed by atoms with van der Waals surface area (Å²) in [6.45, 7) is 1.50. The molecule has 1 aliphatic rings. The summed E-state index contributed by atoms with van der Waals surface area (Å²) in [5, 5.41) is 11.5. The first-order valence-electron chi connectivity index (χ1n) is 11.0. The Hall–Kier alpha value is -3.90. The van der Waals surface area contributed by atoms with E-state index >= 15 is 0 Å². The van der Waals surface area contributed by atoms with E-state index in [4.69, 9.17) is 16.1 Å². The highest BCUT2D eigenvalue weighted by molar-refractivity contribution is 5.96. The van der Waals surface area contributed by atoms with Crippen LogP contribution >= 0.6 is 0 Å². The highest BCUT2D eigenvalue weighted by atomic mass is 16.5. The molecule has 5 rings (SSSR count). The van der Waals surface area contributed by atoms with Gasteiger partial charge >= 0.3 is 0 Å². The largest absolute Gasteiger partial charge is 0.381 e. The highest BCUT2D eigenvalue weighted by Crippen LogP contribution is 2.35. The van der Waals surface area contributed by atoms with Gasteiger partial charge in [0.2, 0.25) is 5.91 Å².